The topological polar surface area (TPSA) is 96.9 Å². The number of benzene rings is 3. The molecule has 0 radical (unpaired) electrons. The second-order valence-electron chi connectivity index (χ2n) is 11.0. The summed E-state index contributed by atoms with van der Waals surface area (Å²) in [5.74, 6) is 0.0932. The minimum atomic E-state index is -0.669. The monoisotopic (exact) mass is 669 g/mol. The highest BCUT2D eigenvalue weighted by Gasteiger charge is 2.54. The molecular weight excluding hydrogens is 639 g/mol. The van der Waals surface area contributed by atoms with Crippen molar-refractivity contribution in [2.24, 2.45) is 0 Å². The molecule has 3 aliphatic rings. The first-order chi connectivity index (χ1) is 22.6. The summed E-state index contributed by atoms with van der Waals surface area (Å²) in [6.45, 7) is 2.75. The Morgan fingerprint density at radius 2 is 1.59 bits per heavy atom. The van der Waals surface area contributed by atoms with Crippen molar-refractivity contribution in [2.45, 2.75) is 23.9 Å². The maximum Gasteiger partial charge on any atom is 0.253 e. The second-order valence-corrected chi connectivity index (χ2v) is 13.5. The van der Waals surface area contributed by atoms with Crippen LogP contribution in [0.1, 0.15) is 27.8 Å². The number of hydrogen-bond donors (Lipinski definition) is 1. The molecule has 2 saturated heterocycles. The van der Waals surface area contributed by atoms with E-state index in [2.05, 4.69) is 20.4 Å². The van der Waals surface area contributed by atoms with Gasteiger partial charge in [0.05, 0.1) is 19.6 Å². The number of aromatic nitrogens is 2. The summed E-state index contributed by atoms with van der Waals surface area (Å²) in [6.07, 6.45) is -0.296. The van der Waals surface area contributed by atoms with E-state index in [4.69, 9.17) is 21.7 Å². The van der Waals surface area contributed by atoms with Crippen molar-refractivity contribution in [3.05, 3.63) is 118 Å². The molecule has 0 saturated carbocycles. The molecule has 0 spiro atoms. The molecule has 46 heavy (non-hydrogen) atoms. The van der Waals surface area contributed by atoms with Gasteiger partial charge in [-0.1, -0.05) is 102 Å². The summed E-state index contributed by atoms with van der Waals surface area (Å²) in [5, 5.41) is 13.4. The number of thiocarbonyl (C=S) groups is 1. The number of carbonyl (C=O) groups is 2. The fourth-order valence-electron chi connectivity index (χ4n) is 5.75. The number of amides is 2. The van der Waals surface area contributed by atoms with Gasteiger partial charge in [-0.05, 0) is 28.9 Å². The van der Waals surface area contributed by atoms with Gasteiger partial charge in [0.1, 0.15) is 28.2 Å². The lowest BCUT2D eigenvalue weighted by molar-refractivity contribution is -0.145. The normalized spacial score (nSPS) is 19.5. The smallest absolute Gasteiger partial charge is 0.253 e. The Balaban J connectivity index is 1.20. The highest BCUT2D eigenvalue weighted by molar-refractivity contribution is 8.00. The minimum Gasteiger partial charge on any atom is -0.469 e. The fraction of sp³-hybridized carbons (Fsp3) is 0.265. The van der Waals surface area contributed by atoms with Gasteiger partial charge >= 0.3 is 0 Å². The predicted molar refractivity (Wildman–Crippen MR) is 183 cm³/mol. The molecule has 3 aliphatic heterocycles. The molecule has 2 amide bonds. The lowest BCUT2D eigenvalue weighted by atomic mass is 10.0. The van der Waals surface area contributed by atoms with Crippen LogP contribution in [-0.2, 0) is 25.5 Å². The standard InChI is InChI=1S/C34H31N5O4S3/c40-26(20-22-10-4-1-5-11-22)35-27-31(41)39-28(33(44)43-29(23-12-6-2-7-13-23)24-14-8-3-9-15-24)25(21-45-32(27)39)30-36-37-34(46-30)38-16-18-42-19-17-38/h1-15,27,29,32H,16-21H2,(H,35,40)/t27-,32-/m1/s1. The zero-order valence-electron chi connectivity index (χ0n) is 24.8. The lowest BCUT2D eigenvalue weighted by Gasteiger charge is -2.50. The average Bonchev–Trinajstić information content (AvgIpc) is 3.61. The van der Waals surface area contributed by atoms with Gasteiger partial charge in [0, 0.05) is 24.4 Å². The van der Waals surface area contributed by atoms with Gasteiger partial charge in [0.15, 0.2) is 0 Å². The van der Waals surface area contributed by atoms with Crippen LogP contribution in [0.4, 0.5) is 5.13 Å². The summed E-state index contributed by atoms with van der Waals surface area (Å²) in [4.78, 5) is 30.6. The number of β-lactam (4-membered cyclic amide) rings is 1. The minimum absolute atomic E-state index is 0.197. The Morgan fingerprint density at radius 3 is 2.24 bits per heavy atom. The molecule has 7 rings (SSSR count). The Bertz CT molecular complexity index is 1710. The highest BCUT2D eigenvalue weighted by atomic mass is 32.2. The van der Waals surface area contributed by atoms with Crippen molar-refractivity contribution in [2.75, 3.05) is 37.0 Å². The zero-order valence-corrected chi connectivity index (χ0v) is 27.2. The number of carbonyl (C=O) groups excluding carboxylic acids is 2. The maximum absolute atomic E-state index is 13.8. The van der Waals surface area contributed by atoms with E-state index >= 15 is 0 Å². The van der Waals surface area contributed by atoms with Crippen LogP contribution in [0.2, 0.25) is 0 Å². The molecule has 9 nitrogen and oxygen atoms in total. The first-order valence-corrected chi connectivity index (χ1v) is 17.3. The van der Waals surface area contributed by atoms with Gasteiger partial charge in [0.2, 0.25) is 16.1 Å². The summed E-state index contributed by atoms with van der Waals surface area (Å²) in [7, 11) is 0. The molecule has 1 aromatic heterocycles. The van der Waals surface area contributed by atoms with Crippen LogP contribution in [0.25, 0.3) is 5.57 Å². The number of nitrogens with zero attached hydrogens (tertiary/aromatic N) is 4. The first kappa shape index (κ1) is 30.5. The van der Waals surface area contributed by atoms with Crippen LogP contribution in [0.5, 0.6) is 0 Å². The third kappa shape index (κ3) is 6.30. The molecule has 0 bridgehead atoms. The van der Waals surface area contributed by atoms with Crippen LogP contribution in [0, 0.1) is 0 Å². The Morgan fingerprint density at radius 1 is 0.957 bits per heavy atom. The third-order valence-corrected chi connectivity index (χ3v) is 10.7. The summed E-state index contributed by atoms with van der Waals surface area (Å²) in [5.41, 5.74) is 4.07. The number of morpholine rings is 1. The second kappa shape index (κ2) is 13.7. The lowest BCUT2D eigenvalue weighted by Crippen LogP contribution is -2.70. The van der Waals surface area contributed by atoms with E-state index in [9.17, 15) is 9.59 Å². The quantitative estimate of drug-likeness (QED) is 0.198. The van der Waals surface area contributed by atoms with Crippen LogP contribution >= 0.6 is 35.3 Å². The van der Waals surface area contributed by atoms with E-state index in [0.717, 1.165) is 40.5 Å². The Hall–Kier alpha value is -4.10. The average molecular weight is 670 g/mol. The Kier molecular flexibility index (Phi) is 9.11. The van der Waals surface area contributed by atoms with Gasteiger partial charge in [-0.2, -0.15) is 0 Å². The zero-order chi connectivity index (χ0) is 31.5. The number of nitrogens with one attached hydrogen (secondary N) is 1. The van der Waals surface area contributed by atoms with Crippen LogP contribution in [0.15, 0.2) is 96.7 Å². The van der Waals surface area contributed by atoms with Crippen LogP contribution in [-0.4, -0.2) is 75.4 Å². The molecule has 234 valence electrons. The molecule has 1 N–H and O–H groups in total. The first-order valence-electron chi connectivity index (χ1n) is 15.1. The molecule has 0 aliphatic carbocycles. The SMILES string of the molecule is O=C(Cc1ccccc1)N[C@@H]1C(=O)N2C(C(=S)OC(c3ccccc3)c3ccccc3)=C(c3nnc(N4CCOCC4)s3)CS[C@H]12. The fourth-order valence-corrected chi connectivity index (χ4v) is 8.44. The Labute approximate surface area is 280 Å². The van der Waals surface area contributed by atoms with Crippen molar-refractivity contribution in [3.63, 3.8) is 0 Å². The van der Waals surface area contributed by atoms with E-state index < -0.39 is 12.1 Å². The van der Waals surface area contributed by atoms with Gasteiger partial charge < -0.3 is 19.7 Å². The molecule has 4 heterocycles. The van der Waals surface area contributed by atoms with Crippen molar-refractivity contribution >= 4 is 62.9 Å². The third-order valence-electron chi connectivity index (χ3n) is 8.07. The van der Waals surface area contributed by atoms with Crippen molar-refractivity contribution < 1.29 is 19.1 Å². The maximum atomic E-state index is 13.8. The van der Waals surface area contributed by atoms with E-state index in [1.165, 1.54) is 11.3 Å². The summed E-state index contributed by atoms with van der Waals surface area (Å²) < 4.78 is 12.2. The van der Waals surface area contributed by atoms with E-state index in [1.54, 1.807) is 16.7 Å². The number of rotatable bonds is 9. The molecule has 0 unspecified atom stereocenters. The predicted octanol–water partition coefficient (Wildman–Crippen LogP) is 4.86. The number of fused-ring (bicyclic) bond motifs is 1. The largest absolute Gasteiger partial charge is 0.469 e. The number of hydrogen-bond acceptors (Lipinski definition) is 10. The number of ether oxygens (including phenoxy) is 2. The van der Waals surface area contributed by atoms with Crippen molar-refractivity contribution in [3.8, 4) is 0 Å². The van der Waals surface area contributed by atoms with Gasteiger partial charge in [-0.15, -0.1) is 22.0 Å². The number of thioether (sulfide) groups is 1. The summed E-state index contributed by atoms with van der Waals surface area (Å²) in [6, 6.07) is 28.6. The van der Waals surface area contributed by atoms with E-state index in [1.807, 2.05) is 91.0 Å². The van der Waals surface area contributed by atoms with Gasteiger partial charge in [-0.25, -0.2) is 0 Å². The van der Waals surface area contributed by atoms with Crippen LogP contribution in [0.3, 0.4) is 0 Å². The van der Waals surface area contributed by atoms with Crippen LogP contribution < -0.4 is 10.2 Å². The molecular formula is C34H31N5O4S3. The molecule has 12 heteroatoms. The van der Waals surface area contributed by atoms with Crippen molar-refractivity contribution in [1.82, 2.24) is 20.4 Å². The summed E-state index contributed by atoms with van der Waals surface area (Å²) >= 11 is 9.10. The van der Waals surface area contributed by atoms with E-state index in [0.29, 0.717) is 29.7 Å². The molecule has 2 atom stereocenters. The highest BCUT2D eigenvalue weighted by Crippen LogP contribution is 2.45. The van der Waals surface area contributed by atoms with Gasteiger partial charge in [-0.3, -0.25) is 14.5 Å². The number of anilines is 1. The molecule has 2 fully saturated rings. The van der Waals surface area contributed by atoms with Crippen molar-refractivity contribution in [1.29, 1.82) is 0 Å². The van der Waals surface area contributed by atoms with E-state index in [-0.39, 0.29) is 28.7 Å². The molecule has 3 aromatic carbocycles. The van der Waals surface area contributed by atoms with Gasteiger partial charge in [0.25, 0.3) is 5.91 Å². The molecule has 4 aromatic rings.